The van der Waals surface area contributed by atoms with Crippen LogP contribution in [-0.4, -0.2) is 18.5 Å². The molecule has 5 heteroatoms. The fourth-order valence-corrected chi connectivity index (χ4v) is 2.99. The number of benzene rings is 1. The molecule has 1 N–H and O–H groups in total. The Balaban J connectivity index is 2.29. The smallest absolute Gasteiger partial charge is 0.336 e. The molecule has 0 bridgehead atoms. The molecule has 0 saturated heterocycles. The molecule has 4 nitrogen and oxygen atoms in total. The van der Waals surface area contributed by atoms with Crippen LogP contribution in [0.3, 0.4) is 0 Å². The minimum Gasteiger partial charge on any atom is -0.462 e. The molecular weight excluding hydrogens is 309 g/mol. The van der Waals surface area contributed by atoms with Crippen molar-refractivity contribution in [3.05, 3.63) is 46.9 Å². The number of esters is 1. The number of carbonyl (C=O) groups is 2. The Bertz CT molecular complexity index is 650. The van der Waals surface area contributed by atoms with E-state index in [1.165, 1.54) is 6.07 Å². The Labute approximate surface area is 142 Å². The summed E-state index contributed by atoms with van der Waals surface area (Å²) in [7, 11) is 0. The van der Waals surface area contributed by atoms with Gasteiger partial charge in [0.05, 0.1) is 12.2 Å². The average Bonchev–Trinajstić information content (AvgIpc) is 2.55. The van der Waals surface area contributed by atoms with Crippen LogP contribution >= 0.6 is 0 Å². The minimum absolute atomic E-state index is 0.0354. The Morgan fingerprint density at radius 2 is 2.00 bits per heavy atom. The van der Waals surface area contributed by atoms with E-state index in [9.17, 15) is 14.0 Å². The van der Waals surface area contributed by atoms with Crippen molar-refractivity contribution in [2.75, 3.05) is 6.61 Å². The third kappa shape index (κ3) is 4.02. The van der Waals surface area contributed by atoms with Crippen molar-refractivity contribution < 1.29 is 18.7 Å². The molecule has 2 rings (SSSR count). The summed E-state index contributed by atoms with van der Waals surface area (Å²) < 4.78 is 19.6. The number of hydrogen-bond acceptors (Lipinski definition) is 3. The lowest BCUT2D eigenvalue weighted by atomic mass is 9.84. The van der Waals surface area contributed by atoms with Crippen molar-refractivity contribution in [1.29, 1.82) is 0 Å². The number of nitrogens with one attached hydrogen (secondary N) is 1. The summed E-state index contributed by atoms with van der Waals surface area (Å²) in [6, 6.07) is 6.24. The van der Waals surface area contributed by atoms with Crippen molar-refractivity contribution in [3.8, 4) is 0 Å². The maximum Gasteiger partial charge on any atom is 0.336 e. The lowest BCUT2D eigenvalue weighted by molar-refractivity contribution is -0.141. The number of ether oxygens (including phenoxy) is 1. The molecule has 1 aromatic rings. The SMILES string of the molecule is CCC(CC)COC(=O)C1=C(C)NC(=O)C[C@H]1c1ccccc1F. The monoisotopic (exact) mass is 333 g/mol. The van der Waals surface area contributed by atoms with Crippen LogP contribution in [-0.2, 0) is 14.3 Å². The second kappa shape index (κ2) is 8.08. The second-order valence-corrected chi connectivity index (χ2v) is 6.15. The van der Waals surface area contributed by atoms with Gasteiger partial charge in [0, 0.05) is 18.0 Å². The first-order valence-electron chi connectivity index (χ1n) is 8.40. The summed E-state index contributed by atoms with van der Waals surface area (Å²) in [5, 5.41) is 2.66. The summed E-state index contributed by atoms with van der Waals surface area (Å²) in [5.74, 6) is -1.44. The van der Waals surface area contributed by atoms with Crippen molar-refractivity contribution >= 4 is 11.9 Å². The Kier molecular flexibility index (Phi) is 6.12. The van der Waals surface area contributed by atoms with Gasteiger partial charge in [-0.15, -0.1) is 0 Å². The normalized spacial score (nSPS) is 17.9. The molecule has 24 heavy (non-hydrogen) atoms. The fraction of sp³-hybridized carbons (Fsp3) is 0.474. The average molecular weight is 333 g/mol. The number of amides is 1. The van der Waals surface area contributed by atoms with Gasteiger partial charge in [0.15, 0.2) is 0 Å². The molecule has 1 aliphatic rings. The van der Waals surface area contributed by atoms with E-state index in [0.717, 1.165) is 12.8 Å². The Morgan fingerprint density at radius 1 is 1.33 bits per heavy atom. The van der Waals surface area contributed by atoms with E-state index in [4.69, 9.17) is 4.74 Å². The van der Waals surface area contributed by atoms with E-state index >= 15 is 0 Å². The van der Waals surface area contributed by atoms with Gasteiger partial charge in [-0.05, 0) is 24.5 Å². The largest absolute Gasteiger partial charge is 0.462 e. The van der Waals surface area contributed by atoms with Crippen LogP contribution in [0.4, 0.5) is 4.39 Å². The number of carbonyl (C=O) groups excluding carboxylic acids is 2. The highest BCUT2D eigenvalue weighted by Gasteiger charge is 2.34. The van der Waals surface area contributed by atoms with Crippen LogP contribution in [0.5, 0.6) is 0 Å². The van der Waals surface area contributed by atoms with E-state index < -0.39 is 17.7 Å². The molecule has 0 radical (unpaired) electrons. The summed E-state index contributed by atoms with van der Waals surface area (Å²) in [6.45, 7) is 6.09. The quantitative estimate of drug-likeness (QED) is 0.808. The summed E-state index contributed by atoms with van der Waals surface area (Å²) in [4.78, 5) is 24.5. The van der Waals surface area contributed by atoms with E-state index in [2.05, 4.69) is 19.2 Å². The molecular formula is C19H24FNO3. The predicted octanol–water partition coefficient (Wildman–Crippen LogP) is 3.68. The third-order valence-electron chi connectivity index (χ3n) is 4.57. The highest BCUT2D eigenvalue weighted by molar-refractivity contribution is 5.95. The summed E-state index contributed by atoms with van der Waals surface area (Å²) in [6.07, 6.45) is 1.89. The molecule has 0 unspecified atom stereocenters. The van der Waals surface area contributed by atoms with E-state index in [1.807, 2.05) is 0 Å². The summed E-state index contributed by atoms with van der Waals surface area (Å²) in [5.41, 5.74) is 1.13. The van der Waals surface area contributed by atoms with Gasteiger partial charge in [-0.3, -0.25) is 4.79 Å². The molecule has 1 aliphatic heterocycles. The molecule has 1 atom stereocenters. The van der Waals surface area contributed by atoms with Crippen molar-refractivity contribution in [2.45, 2.75) is 46.0 Å². The maximum atomic E-state index is 14.2. The molecule has 0 aromatic heterocycles. The first kappa shape index (κ1) is 18.2. The predicted molar refractivity (Wildman–Crippen MR) is 89.6 cm³/mol. The first-order chi connectivity index (χ1) is 11.5. The molecule has 1 aromatic carbocycles. The van der Waals surface area contributed by atoms with E-state index in [-0.39, 0.29) is 12.3 Å². The molecule has 0 fully saturated rings. The first-order valence-corrected chi connectivity index (χ1v) is 8.40. The standard InChI is InChI=1S/C19H24FNO3/c1-4-13(5-2)11-24-19(23)18-12(3)21-17(22)10-15(18)14-8-6-7-9-16(14)20/h6-9,13,15H,4-5,10-11H2,1-3H3,(H,21,22)/t15-/m0/s1. The van der Waals surface area contributed by atoms with Gasteiger partial charge in [0.25, 0.3) is 0 Å². The van der Waals surface area contributed by atoms with Crippen LogP contribution in [0.25, 0.3) is 0 Å². The minimum atomic E-state index is -0.617. The Morgan fingerprint density at radius 3 is 2.62 bits per heavy atom. The van der Waals surface area contributed by atoms with Gasteiger partial charge >= 0.3 is 5.97 Å². The Hall–Kier alpha value is -2.17. The molecule has 130 valence electrons. The van der Waals surface area contributed by atoms with Crippen LogP contribution < -0.4 is 5.32 Å². The van der Waals surface area contributed by atoms with Crippen molar-refractivity contribution in [1.82, 2.24) is 5.32 Å². The molecule has 0 saturated carbocycles. The number of rotatable bonds is 6. The lowest BCUT2D eigenvalue weighted by Gasteiger charge is -2.27. The molecule has 1 amide bonds. The number of hydrogen-bond donors (Lipinski definition) is 1. The third-order valence-corrected chi connectivity index (χ3v) is 4.57. The van der Waals surface area contributed by atoms with Crippen molar-refractivity contribution in [2.24, 2.45) is 5.92 Å². The van der Waals surface area contributed by atoms with Crippen LogP contribution in [0.15, 0.2) is 35.5 Å². The maximum absolute atomic E-state index is 14.2. The lowest BCUT2D eigenvalue weighted by Crippen LogP contribution is -2.34. The fourth-order valence-electron chi connectivity index (χ4n) is 2.99. The van der Waals surface area contributed by atoms with Crippen molar-refractivity contribution in [3.63, 3.8) is 0 Å². The highest BCUT2D eigenvalue weighted by Crippen LogP contribution is 2.34. The molecule has 0 aliphatic carbocycles. The van der Waals surface area contributed by atoms with Crippen LogP contribution in [0, 0.1) is 11.7 Å². The van der Waals surface area contributed by atoms with Gasteiger partial charge in [-0.1, -0.05) is 44.9 Å². The van der Waals surface area contributed by atoms with Gasteiger partial charge in [0.2, 0.25) is 5.91 Å². The van der Waals surface area contributed by atoms with Crippen LogP contribution in [0.2, 0.25) is 0 Å². The zero-order chi connectivity index (χ0) is 17.7. The number of halogens is 1. The van der Waals surface area contributed by atoms with Gasteiger partial charge in [-0.25, -0.2) is 9.18 Å². The van der Waals surface area contributed by atoms with Gasteiger partial charge in [-0.2, -0.15) is 0 Å². The zero-order valence-corrected chi connectivity index (χ0v) is 14.4. The number of allylic oxidation sites excluding steroid dienone is 1. The highest BCUT2D eigenvalue weighted by atomic mass is 19.1. The topological polar surface area (TPSA) is 55.4 Å². The van der Waals surface area contributed by atoms with Gasteiger partial charge < -0.3 is 10.1 Å². The van der Waals surface area contributed by atoms with Gasteiger partial charge in [0.1, 0.15) is 5.82 Å². The van der Waals surface area contributed by atoms with Crippen LogP contribution in [0.1, 0.15) is 51.5 Å². The molecule has 1 heterocycles. The zero-order valence-electron chi connectivity index (χ0n) is 14.4. The molecule has 0 spiro atoms. The summed E-state index contributed by atoms with van der Waals surface area (Å²) >= 11 is 0. The second-order valence-electron chi connectivity index (χ2n) is 6.15. The van der Waals surface area contributed by atoms with E-state index in [0.29, 0.717) is 29.4 Å². The van der Waals surface area contributed by atoms with E-state index in [1.54, 1.807) is 25.1 Å².